The van der Waals surface area contributed by atoms with Crippen molar-refractivity contribution in [3.05, 3.63) is 47.0 Å². The maximum atomic E-state index is 3.74. The van der Waals surface area contributed by atoms with Crippen LogP contribution >= 0.6 is 15.9 Å². The molecule has 0 heterocycles. The van der Waals surface area contributed by atoms with Gasteiger partial charge in [0.2, 0.25) is 0 Å². The van der Waals surface area contributed by atoms with E-state index in [1.807, 2.05) is 12.1 Å². The Balaban J connectivity index is 2.25. The first-order valence-electron chi connectivity index (χ1n) is 5.81. The average Bonchev–Trinajstić information content (AvgIpc) is 2.29. The van der Waals surface area contributed by atoms with Crippen LogP contribution < -0.4 is 5.32 Å². The summed E-state index contributed by atoms with van der Waals surface area (Å²) in [7, 11) is 0. The topological polar surface area (TPSA) is 12.0 Å². The maximum Gasteiger partial charge on any atom is 0.0207 e. The predicted octanol–water partition coefficient (Wildman–Crippen LogP) is 3.94. The Kier molecular flexibility index (Phi) is 6.43. The van der Waals surface area contributed by atoms with Gasteiger partial charge in [0.25, 0.3) is 0 Å². The summed E-state index contributed by atoms with van der Waals surface area (Å²) in [5.41, 5.74) is 1.37. The zero-order valence-corrected chi connectivity index (χ0v) is 11.5. The van der Waals surface area contributed by atoms with Crippen LogP contribution in [0.1, 0.15) is 25.3 Å². The van der Waals surface area contributed by atoms with E-state index in [2.05, 4.69) is 52.9 Å². The van der Waals surface area contributed by atoms with Crippen molar-refractivity contribution in [2.75, 3.05) is 6.54 Å². The molecule has 1 unspecified atom stereocenters. The number of hydrogen-bond acceptors (Lipinski definition) is 1. The van der Waals surface area contributed by atoms with Crippen molar-refractivity contribution in [1.29, 1.82) is 0 Å². The lowest BCUT2D eigenvalue weighted by Crippen LogP contribution is -2.27. The number of allylic oxidation sites excluding steroid dienone is 1. The summed E-state index contributed by atoms with van der Waals surface area (Å²) >= 11 is 3.56. The molecule has 0 saturated carbocycles. The lowest BCUT2D eigenvalue weighted by atomic mass is 10.1. The fourth-order valence-corrected chi connectivity index (χ4v) is 2.11. The van der Waals surface area contributed by atoms with E-state index < -0.39 is 0 Å². The summed E-state index contributed by atoms with van der Waals surface area (Å²) in [5, 5.41) is 3.52. The lowest BCUT2D eigenvalue weighted by molar-refractivity contribution is 0.521. The largest absolute Gasteiger partial charge is 0.314 e. The SMILES string of the molecule is C=CCCC(C)NCCc1ccccc1Br. The molecule has 0 aromatic heterocycles. The van der Waals surface area contributed by atoms with Crippen LogP contribution in [0.4, 0.5) is 0 Å². The standard InChI is InChI=1S/C14H20BrN/c1-3-4-7-12(2)16-11-10-13-8-5-6-9-14(13)15/h3,5-6,8-9,12,16H,1,4,7,10-11H2,2H3. The zero-order chi connectivity index (χ0) is 11.8. The quantitative estimate of drug-likeness (QED) is 0.747. The van der Waals surface area contributed by atoms with E-state index in [1.54, 1.807) is 0 Å². The summed E-state index contributed by atoms with van der Waals surface area (Å²) in [6, 6.07) is 8.96. The van der Waals surface area contributed by atoms with Crippen molar-refractivity contribution in [3.63, 3.8) is 0 Å². The summed E-state index contributed by atoms with van der Waals surface area (Å²) in [4.78, 5) is 0. The average molecular weight is 282 g/mol. The minimum absolute atomic E-state index is 0.570. The van der Waals surface area contributed by atoms with Crippen LogP contribution in [0.15, 0.2) is 41.4 Å². The van der Waals surface area contributed by atoms with Crippen LogP contribution in [0.3, 0.4) is 0 Å². The fourth-order valence-electron chi connectivity index (χ4n) is 1.62. The minimum Gasteiger partial charge on any atom is -0.314 e. The first-order valence-corrected chi connectivity index (χ1v) is 6.61. The van der Waals surface area contributed by atoms with Crippen molar-refractivity contribution in [3.8, 4) is 0 Å². The van der Waals surface area contributed by atoms with Crippen LogP contribution in [-0.2, 0) is 6.42 Å². The van der Waals surface area contributed by atoms with Crippen molar-refractivity contribution < 1.29 is 0 Å². The Morgan fingerprint density at radius 2 is 2.19 bits per heavy atom. The van der Waals surface area contributed by atoms with E-state index in [4.69, 9.17) is 0 Å². The molecule has 0 spiro atoms. The van der Waals surface area contributed by atoms with Gasteiger partial charge in [-0.15, -0.1) is 6.58 Å². The van der Waals surface area contributed by atoms with E-state index in [-0.39, 0.29) is 0 Å². The number of nitrogens with one attached hydrogen (secondary N) is 1. The molecule has 0 bridgehead atoms. The molecule has 1 aromatic carbocycles. The molecule has 0 aliphatic heterocycles. The monoisotopic (exact) mass is 281 g/mol. The van der Waals surface area contributed by atoms with Gasteiger partial charge in [-0.05, 0) is 44.4 Å². The smallest absolute Gasteiger partial charge is 0.0207 e. The fraction of sp³-hybridized carbons (Fsp3) is 0.429. The van der Waals surface area contributed by atoms with Crippen molar-refractivity contribution in [2.24, 2.45) is 0 Å². The van der Waals surface area contributed by atoms with E-state index >= 15 is 0 Å². The Morgan fingerprint density at radius 3 is 2.88 bits per heavy atom. The van der Waals surface area contributed by atoms with Crippen LogP contribution in [0, 0.1) is 0 Å². The predicted molar refractivity (Wildman–Crippen MR) is 74.7 cm³/mol. The van der Waals surface area contributed by atoms with Crippen LogP contribution in [0.25, 0.3) is 0 Å². The second kappa shape index (κ2) is 7.64. The van der Waals surface area contributed by atoms with Gasteiger partial charge in [-0.1, -0.05) is 40.2 Å². The highest BCUT2D eigenvalue weighted by atomic mass is 79.9. The van der Waals surface area contributed by atoms with E-state index in [0.29, 0.717) is 6.04 Å². The summed E-state index contributed by atoms with van der Waals surface area (Å²) in [5.74, 6) is 0. The highest BCUT2D eigenvalue weighted by molar-refractivity contribution is 9.10. The molecule has 0 aliphatic carbocycles. The minimum atomic E-state index is 0.570. The third kappa shape index (κ3) is 4.95. The van der Waals surface area contributed by atoms with Crippen LogP contribution in [0.5, 0.6) is 0 Å². The summed E-state index contributed by atoms with van der Waals surface area (Å²) in [6.07, 6.45) is 5.30. The molecular weight excluding hydrogens is 262 g/mol. The third-order valence-corrected chi connectivity index (χ3v) is 3.42. The van der Waals surface area contributed by atoms with Gasteiger partial charge >= 0.3 is 0 Å². The van der Waals surface area contributed by atoms with Gasteiger partial charge < -0.3 is 5.32 Å². The molecule has 0 radical (unpaired) electrons. The van der Waals surface area contributed by atoms with Gasteiger partial charge in [0.15, 0.2) is 0 Å². The molecule has 1 atom stereocenters. The highest BCUT2D eigenvalue weighted by Crippen LogP contribution is 2.15. The molecule has 1 N–H and O–H groups in total. The van der Waals surface area contributed by atoms with Gasteiger partial charge in [0.05, 0.1) is 0 Å². The van der Waals surface area contributed by atoms with Crippen LogP contribution in [-0.4, -0.2) is 12.6 Å². The number of hydrogen-bond donors (Lipinski definition) is 1. The first kappa shape index (κ1) is 13.5. The molecule has 0 aliphatic rings. The van der Waals surface area contributed by atoms with E-state index in [0.717, 1.165) is 19.4 Å². The van der Waals surface area contributed by atoms with E-state index in [9.17, 15) is 0 Å². The lowest BCUT2D eigenvalue weighted by Gasteiger charge is -2.13. The van der Waals surface area contributed by atoms with Gasteiger partial charge in [-0.2, -0.15) is 0 Å². The maximum absolute atomic E-state index is 3.74. The molecular formula is C14H20BrN. The molecule has 1 rings (SSSR count). The Labute approximate surface area is 107 Å². The van der Waals surface area contributed by atoms with Crippen LogP contribution in [0.2, 0.25) is 0 Å². The molecule has 88 valence electrons. The van der Waals surface area contributed by atoms with Gasteiger partial charge in [0.1, 0.15) is 0 Å². The molecule has 0 amide bonds. The molecule has 0 fully saturated rings. The molecule has 16 heavy (non-hydrogen) atoms. The Bertz CT molecular complexity index is 322. The summed E-state index contributed by atoms with van der Waals surface area (Å²) in [6.45, 7) is 6.99. The third-order valence-electron chi connectivity index (χ3n) is 2.65. The number of rotatable bonds is 7. The molecule has 1 aromatic rings. The number of halogens is 1. The molecule has 2 heteroatoms. The summed E-state index contributed by atoms with van der Waals surface area (Å²) < 4.78 is 1.20. The normalized spacial score (nSPS) is 12.4. The van der Waals surface area contributed by atoms with E-state index in [1.165, 1.54) is 16.5 Å². The van der Waals surface area contributed by atoms with Gasteiger partial charge in [-0.25, -0.2) is 0 Å². The van der Waals surface area contributed by atoms with Gasteiger partial charge in [-0.3, -0.25) is 0 Å². The first-order chi connectivity index (χ1) is 7.74. The number of benzene rings is 1. The van der Waals surface area contributed by atoms with Gasteiger partial charge in [0, 0.05) is 10.5 Å². The Morgan fingerprint density at radius 1 is 1.44 bits per heavy atom. The highest BCUT2D eigenvalue weighted by Gasteiger charge is 2.01. The second-order valence-corrected chi connectivity index (χ2v) is 4.92. The Hall–Kier alpha value is -0.600. The van der Waals surface area contributed by atoms with Crippen molar-refractivity contribution >= 4 is 15.9 Å². The second-order valence-electron chi connectivity index (χ2n) is 4.06. The molecule has 0 saturated heterocycles. The molecule has 1 nitrogen and oxygen atoms in total. The van der Waals surface area contributed by atoms with Crippen molar-refractivity contribution in [1.82, 2.24) is 5.32 Å². The zero-order valence-electron chi connectivity index (χ0n) is 9.88. The van der Waals surface area contributed by atoms with Crippen molar-refractivity contribution in [2.45, 2.75) is 32.2 Å².